The van der Waals surface area contributed by atoms with Crippen LogP contribution in [0.4, 0.5) is 0 Å². The van der Waals surface area contributed by atoms with Crippen molar-refractivity contribution in [2.24, 2.45) is 5.92 Å². The molecule has 0 fully saturated rings. The van der Waals surface area contributed by atoms with Crippen molar-refractivity contribution < 1.29 is 14.7 Å². The lowest BCUT2D eigenvalue weighted by molar-refractivity contribution is -0.141. The van der Waals surface area contributed by atoms with Gasteiger partial charge < -0.3 is 15.7 Å². The molecule has 13 heavy (non-hydrogen) atoms. The van der Waals surface area contributed by atoms with Crippen molar-refractivity contribution in [1.29, 1.82) is 0 Å². The van der Waals surface area contributed by atoms with E-state index in [0.29, 0.717) is 13.0 Å². The highest BCUT2D eigenvalue weighted by molar-refractivity contribution is 5.77. The highest BCUT2D eigenvalue weighted by Crippen LogP contribution is 1.91. The average Bonchev–Trinajstić information content (AvgIpc) is 2.10. The summed E-state index contributed by atoms with van der Waals surface area (Å²) in [7, 11) is 1.76. The van der Waals surface area contributed by atoms with Gasteiger partial charge >= 0.3 is 5.97 Å². The van der Waals surface area contributed by atoms with Crippen LogP contribution in [-0.2, 0) is 9.59 Å². The Hall–Kier alpha value is -1.10. The van der Waals surface area contributed by atoms with E-state index in [9.17, 15) is 9.59 Å². The first-order valence-corrected chi connectivity index (χ1v) is 4.22. The Morgan fingerprint density at radius 3 is 2.54 bits per heavy atom. The molecule has 5 heteroatoms. The largest absolute Gasteiger partial charge is 0.481 e. The van der Waals surface area contributed by atoms with Crippen LogP contribution in [0.2, 0.25) is 0 Å². The number of aliphatic carboxylic acids is 1. The molecule has 0 saturated heterocycles. The summed E-state index contributed by atoms with van der Waals surface area (Å²) in [6.07, 6.45) is 0.378. The van der Waals surface area contributed by atoms with E-state index in [0.717, 1.165) is 0 Å². The van der Waals surface area contributed by atoms with Gasteiger partial charge in [0.2, 0.25) is 5.91 Å². The molecule has 0 heterocycles. The maximum atomic E-state index is 11.0. The lowest BCUT2D eigenvalue weighted by atomic mass is 10.2. The molecule has 0 aliphatic carbocycles. The highest BCUT2D eigenvalue weighted by Gasteiger charge is 2.11. The second-order valence-corrected chi connectivity index (χ2v) is 2.90. The fourth-order valence-corrected chi connectivity index (χ4v) is 0.681. The summed E-state index contributed by atoms with van der Waals surface area (Å²) in [5.74, 6) is -1.55. The molecule has 5 nitrogen and oxygen atoms in total. The molecule has 76 valence electrons. The van der Waals surface area contributed by atoms with E-state index >= 15 is 0 Å². The first kappa shape index (κ1) is 11.9. The minimum atomic E-state index is -0.895. The number of nitrogens with one attached hydrogen (secondary N) is 2. The van der Waals surface area contributed by atoms with E-state index in [1.807, 2.05) is 0 Å². The highest BCUT2D eigenvalue weighted by atomic mass is 16.4. The van der Waals surface area contributed by atoms with Crippen molar-refractivity contribution in [2.45, 2.75) is 13.3 Å². The van der Waals surface area contributed by atoms with Gasteiger partial charge in [0.15, 0.2) is 0 Å². The predicted octanol–water partition coefficient (Wildman–Crippen LogP) is -0.567. The molecule has 0 aromatic rings. The molecule has 0 aromatic carbocycles. The fourth-order valence-electron chi connectivity index (χ4n) is 0.681. The van der Waals surface area contributed by atoms with Crippen LogP contribution >= 0.6 is 0 Å². The van der Waals surface area contributed by atoms with Gasteiger partial charge in [-0.05, 0) is 7.05 Å². The maximum Gasteiger partial charge on any atom is 0.308 e. The standard InChI is InChI=1S/C8H16N2O3/c1-6(8(12)13)5-10-7(11)3-4-9-2/h6,9H,3-5H2,1-2H3,(H,10,11)(H,12,13). The number of hydrogen-bond donors (Lipinski definition) is 3. The van der Waals surface area contributed by atoms with Crippen molar-refractivity contribution in [3.05, 3.63) is 0 Å². The van der Waals surface area contributed by atoms with Gasteiger partial charge in [-0.15, -0.1) is 0 Å². The van der Waals surface area contributed by atoms with Crippen LogP contribution in [0.25, 0.3) is 0 Å². The van der Waals surface area contributed by atoms with Crippen molar-refractivity contribution in [2.75, 3.05) is 20.1 Å². The van der Waals surface area contributed by atoms with E-state index < -0.39 is 11.9 Å². The number of carbonyl (C=O) groups is 2. The minimum Gasteiger partial charge on any atom is -0.481 e. The van der Waals surface area contributed by atoms with Crippen molar-refractivity contribution >= 4 is 11.9 Å². The van der Waals surface area contributed by atoms with Crippen LogP contribution in [0.15, 0.2) is 0 Å². The Kier molecular flexibility index (Phi) is 5.88. The molecule has 1 amide bonds. The third kappa shape index (κ3) is 6.10. The topological polar surface area (TPSA) is 78.4 Å². The van der Waals surface area contributed by atoms with Crippen LogP contribution < -0.4 is 10.6 Å². The third-order valence-electron chi connectivity index (χ3n) is 1.63. The lowest BCUT2D eigenvalue weighted by Crippen LogP contribution is -2.32. The molecule has 1 unspecified atom stereocenters. The average molecular weight is 188 g/mol. The Balaban J connectivity index is 3.52. The van der Waals surface area contributed by atoms with Crippen LogP contribution in [0.1, 0.15) is 13.3 Å². The molecule has 0 radical (unpaired) electrons. The summed E-state index contributed by atoms with van der Waals surface area (Å²) in [6, 6.07) is 0. The number of hydrogen-bond acceptors (Lipinski definition) is 3. The van der Waals surface area contributed by atoms with Crippen LogP contribution in [-0.4, -0.2) is 37.1 Å². The van der Waals surface area contributed by atoms with E-state index in [-0.39, 0.29) is 12.5 Å². The molecule has 0 aromatic heterocycles. The molecule has 0 bridgehead atoms. The van der Waals surface area contributed by atoms with Crippen LogP contribution in [0, 0.1) is 5.92 Å². The van der Waals surface area contributed by atoms with Crippen molar-refractivity contribution in [3.8, 4) is 0 Å². The Bertz CT molecular complexity index is 182. The van der Waals surface area contributed by atoms with E-state index in [1.165, 1.54) is 0 Å². The van der Waals surface area contributed by atoms with Crippen molar-refractivity contribution in [3.63, 3.8) is 0 Å². The number of carboxylic acid groups (broad SMARTS) is 1. The predicted molar refractivity (Wildman–Crippen MR) is 48.4 cm³/mol. The molecule has 0 aliphatic heterocycles. The smallest absolute Gasteiger partial charge is 0.308 e. The Morgan fingerprint density at radius 1 is 1.46 bits per heavy atom. The first-order valence-electron chi connectivity index (χ1n) is 4.22. The molecular formula is C8H16N2O3. The minimum absolute atomic E-state index is 0.123. The summed E-state index contributed by atoms with van der Waals surface area (Å²) in [5, 5.41) is 13.9. The molecule has 0 spiro atoms. The quantitative estimate of drug-likeness (QED) is 0.521. The summed E-state index contributed by atoms with van der Waals surface area (Å²) in [4.78, 5) is 21.3. The normalized spacial score (nSPS) is 12.2. The van der Waals surface area contributed by atoms with Gasteiger partial charge in [-0.1, -0.05) is 6.92 Å². The summed E-state index contributed by atoms with van der Waals surface area (Å²) in [6.45, 7) is 2.35. The molecule has 1 atom stereocenters. The van der Waals surface area contributed by atoms with E-state index in [2.05, 4.69) is 10.6 Å². The Labute approximate surface area is 77.5 Å². The van der Waals surface area contributed by atoms with Gasteiger partial charge in [0, 0.05) is 19.5 Å². The third-order valence-corrected chi connectivity index (χ3v) is 1.63. The first-order chi connectivity index (χ1) is 6.07. The number of carbonyl (C=O) groups excluding carboxylic acids is 1. The molecular weight excluding hydrogens is 172 g/mol. The van der Waals surface area contributed by atoms with Gasteiger partial charge in [-0.3, -0.25) is 9.59 Å². The van der Waals surface area contributed by atoms with Gasteiger partial charge in [-0.25, -0.2) is 0 Å². The Morgan fingerprint density at radius 2 is 2.08 bits per heavy atom. The molecule has 3 N–H and O–H groups in total. The van der Waals surface area contributed by atoms with Gasteiger partial charge in [0.1, 0.15) is 0 Å². The number of amides is 1. The second kappa shape index (κ2) is 6.42. The maximum absolute atomic E-state index is 11.0. The van der Waals surface area contributed by atoms with Crippen LogP contribution in [0.3, 0.4) is 0 Å². The zero-order valence-electron chi connectivity index (χ0n) is 7.96. The molecule has 0 saturated carbocycles. The summed E-state index contributed by atoms with van der Waals surface area (Å²) in [5.41, 5.74) is 0. The second-order valence-electron chi connectivity index (χ2n) is 2.90. The number of rotatable bonds is 6. The molecule has 0 aliphatic rings. The van der Waals surface area contributed by atoms with Gasteiger partial charge in [0.25, 0.3) is 0 Å². The summed E-state index contributed by atoms with van der Waals surface area (Å²) < 4.78 is 0. The number of carboxylic acids is 1. The van der Waals surface area contributed by atoms with Gasteiger partial charge in [0.05, 0.1) is 5.92 Å². The lowest BCUT2D eigenvalue weighted by Gasteiger charge is -2.07. The summed E-state index contributed by atoms with van der Waals surface area (Å²) >= 11 is 0. The van der Waals surface area contributed by atoms with E-state index in [4.69, 9.17) is 5.11 Å². The van der Waals surface area contributed by atoms with E-state index in [1.54, 1.807) is 14.0 Å². The zero-order chi connectivity index (χ0) is 10.3. The zero-order valence-corrected chi connectivity index (χ0v) is 7.96. The fraction of sp³-hybridized carbons (Fsp3) is 0.750. The van der Waals surface area contributed by atoms with Crippen LogP contribution in [0.5, 0.6) is 0 Å². The monoisotopic (exact) mass is 188 g/mol. The van der Waals surface area contributed by atoms with Gasteiger partial charge in [-0.2, -0.15) is 0 Å². The molecule has 0 rings (SSSR count). The van der Waals surface area contributed by atoms with Crippen molar-refractivity contribution in [1.82, 2.24) is 10.6 Å². The SMILES string of the molecule is CNCCC(=O)NCC(C)C(=O)O.